The lowest BCUT2D eigenvalue weighted by molar-refractivity contribution is -0.137. The summed E-state index contributed by atoms with van der Waals surface area (Å²) in [6.07, 6.45) is 12.1. The molecule has 4 nitrogen and oxygen atoms in total. The predicted octanol–water partition coefficient (Wildman–Crippen LogP) is 5.11. The molecule has 0 spiro atoms. The Balaban J connectivity index is 1.83. The van der Waals surface area contributed by atoms with Gasteiger partial charge in [-0.1, -0.05) is 39.7 Å². The number of thioether (sulfide) groups is 1. The highest BCUT2D eigenvalue weighted by molar-refractivity contribution is 7.99. The number of hydrogen-bond donors (Lipinski definition) is 1. The molecule has 0 saturated carbocycles. The molecule has 5 heteroatoms. The van der Waals surface area contributed by atoms with Gasteiger partial charge in [-0.05, 0) is 55.6 Å². The van der Waals surface area contributed by atoms with Gasteiger partial charge in [0.05, 0.1) is 12.2 Å². The number of rotatable bonds is 13. The van der Waals surface area contributed by atoms with Gasteiger partial charge in [0.25, 0.3) is 0 Å². The van der Waals surface area contributed by atoms with E-state index in [1.165, 1.54) is 0 Å². The summed E-state index contributed by atoms with van der Waals surface area (Å²) in [7, 11) is 0. The van der Waals surface area contributed by atoms with Crippen molar-refractivity contribution < 1.29 is 19.4 Å². The number of carbonyl (C=O) groups is 2. The Morgan fingerprint density at radius 1 is 1.19 bits per heavy atom. The number of carbonyl (C=O) groups excluding carboxylic acids is 1. The fourth-order valence-electron chi connectivity index (χ4n) is 4.27. The van der Waals surface area contributed by atoms with Gasteiger partial charge in [0.2, 0.25) is 0 Å². The molecule has 2 fully saturated rings. The van der Waals surface area contributed by atoms with Crippen LogP contribution in [0, 0.1) is 17.3 Å². The molecule has 1 N–H and O–H groups in total. The molecule has 2 bridgehead atoms. The van der Waals surface area contributed by atoms with E-state index in [9.17, 15) is 9.59 Å². The summed E-state index contributed by atoms with van der Waals surface area (Å²) in [5.74, 6) is 2.32. The van der Waals surface area contributed by atoms with Gasteiger partial charge >= 0.3 is 5.97 Å². The van der Waals surface area contributed by atoms with Crippen LogP contribution in [0.25, 0.3) is 0 Å². The maximum Gasteiger partial charge on any atom is 0.303 e. The van der Waals surface area contributed by atoms with E-state index < -0.39 is 5.97 Å². The third kappa shape index (κ3) is 6.63. The Bertz CT molecular complexity index is 528. The lowest BCUT2D eigenvalue weighted by Gasteiger charge is -2.26. The van der Waals surface area contributed by atoms with E-state index >= 15 is 0 Å². The van der Waals surface area contributed by atoms with Gasteiger partial charge in [-0.3, -0.25) is 9.59 Å². The zero-order chi connectivity index (χ0) is 19.9. The van der Waals surface area contributed by atoms with Crippen LogP contribution in [-0.2, 0) is 14.3 Å². The first-order valence-electron chi connectivity index (χ1n) is 10.5. The topological polar surface area (TPSA) is 63.6 Å². The molecular formula is C22H36O4S. The van der Waals surface area contributed by atoms with Crippen molar-refractivity contribution in [2.75, 3.05) is 11.5 Å². The maximum absolute atomic E-state index is 12.6. The largest absolute Gasteiger partial charge is 0.481 e. The Morgan fingerprint density at radius 3 is 2.63 bits per heavy atom. The summed E-state index contributed by atoms with van der Waals surface area (Å²) in [6, 6.07) is 0. The van der Waals surface area contributed by atoms with E-state index in [0.717, 1.165) is 56.5 Å². The third-order valence-corrected chi connectivity index (χ3v) is 7.16. The first-order valence-corrected chi connectivity index (χ1v) is 11.7. The lowest BCUT2D eigenvalue weighted by atomic mass is 9.76. The second-order valence-electron chi connectivity index (χ2n) is 8.64. The Kier molecular flexibility index (Phi) is 8.87. The van der Waals surface area contributed by atoms with Gasteiger partial charge in [-0.25, -0.2) is 0 Å². The number of allylic oxidation sites excluding steroid dienone is 1. The van der Waals surface area contributed by atoms with Crippen LogP contribution in [0.4, 0.5) is 0 Å². The molecule has 2 saturated heterocycles. The number of ketones is 1. The van der Waals surface area contributed by atoms with Crippen molar-refractivity contribution in [3.8, 4) is 0 Å². The molecule has 0 aromatic heterocycles. The first-order chi connectivity index (χ1) is 12.8. The molecule has 2 heterocycles. The quantitative estimate of drug-likeness (QED) is 0.346. The molecule has 2 aliphatic heterocycles. The molecule has 0 aromatic rings. The van der Waals surface area contributed by atoms with E-state index in [-0.39, 0.29) is 23.7 Å². The highest BCUT2D eigenvalue weighted by Gasteiger charge is 2.47. The normalized spacial score (nSPS) is 27.5. The molecule has 154 valence electrons. The van der Waals surface area contributed by atoms with Crippen molar-refractivity contribution in [3.63, 3.8) is 0 Å². The number of aliphatic carboxylic acids is 1. The van der Waals surface area contributed by atoms with Crippen molar-refractivity contribution in [1.82, 2.24) is 0 Å². The van der Waals surface area contributed by atoms with Crippen LogP contribution in [0.3, 0.4) is 0 Å². The average Bonchev–Trinajstić information content (AvgIpc) is 3.22. The highest BCUT2D eigenvalue weighted by Crippen LogP contribution is 2.46. The number of ether oxygens (including phenoxy) is 1. The zero-order valence-corrected chi connectivity index (χ0v) is 17.9. The highest BCUT2D eigenvalue weighted by atomic mass is 32.2. The number of carboxylic acids is 1. The van der Waals surface area contributed by atoms with Crippen LogP contribution in [0.15, 0.2) is 12.2 Å². The minimum Gasteiger partial charge on any atom is -0.481 e. The minimum absolute atomic E-state index is 0.237. The van der Waals surface area contributed by atoms with Crippen LogP contribution in [0.2, 0.25) is 0 Å². The van der Waals surface area contributed by atoms with E-state index in [1.807, 2.05) is 17.8 Å². The molecule has 0 radical (unpaired) electrons. The van der Waals surface area contributed by atoms with E-state index in [1.54, 1.807) is 0 Å². The van der Waals surface area contributed by atoms with Gasteiger partial charge in [-0.15, -0.1) is 0 Å². The number of fused-ring (bicyclic) bond motifs is 2. The number of unbranched alkanes of at least 4 members (excludes halogenated alkanes) is 1. The predicted molar refractivity (Wildman–Crippen MR) is 111 cm³/mol. The van der Waals surface area contributed by atoms with E-state index in [2.05, 4.69) is 26.8 Å². The fourth-order valence-corrected chi connectivity index (χ4v) is 5.26. The summed E-state index contributed by atoms with van der Waals surface area (Å²) >= 11 is 1.84. The fraction of sp³-hybridized carbons (Fsp3) is 0.818. The van der Waals surface area contributed by atoms with Crippen LogP contribution in [0.5, 0.6) is 0 Å². The molecule has 0 unspecified atom stereocenters. The monoisotopic (exact) mass is 396 g/mol. The summed E-state index contributed by atoms with van der Waals surface area (Å²) in [4.78, 5) is 23.2. The standard InChI is InChI=1S/C22H36O4S/c1-4-5-13-22(2,3)20(23)11-8-16-17(19-10-9-18(16)26-19)12-15-27-14-6-7-21(24)25/h8,11,16-19H,4-7,9-10,12-15H2,1-3H3,(H,24,25)/t16-,17+,18-,19+/m0/s1. The average molecular weight is 397 g/mol. The van der Waals surface area contributed by atoms with Crippen molar-refractivity contribution in [2.45, 2.75) is 84.3 Å². The van der Waals surface area contributed by atoms with Crippen molar-refractivity contribution >= 4 is 23.5 Å². The summed E-state index contributed by atoms with van der Waals surface area (Å²) in [5, 5.41) is 8.70. The molecule has 4 atom stereocenters. The maximum atomic E-state index is 12.6. The Hall–Kier alpha value is -0.810. The lowest BCUT2D eigenvalue weighted by Crippen LogP contribution is -2.27. The SMILES string of the molecule is CCCCC(C)(C)C(=O)C=C[C@H]1[C@@H](CCSCCCC(=O)O)[C@H]2CC[C@@H]1O2. The van der Waals surface area contributed by atoms with Gasteiger partial charge in [0, 0.05) is 17.8 Å². The summed E-state index contributed by atoms with van der Waals surface area (Å²) < 4.78 is 6.14. The van der Waals surface area contributed by atoms with Gasteiger partial charge in [-0.2, -0.15) is 11.8 Å². The van der Waals surface area contributed by atoms with Gasteiger partial charge < -0.3 is 9.84 Å². The molecule has 2 aliphatic rings. The second kappa shape index (κ2) is 10.7. The molecular weight excluding hydrogens is 360 g/mol. The second-order valence-corrected chi connectivity index (χ2v) is 9.87. The molecule has 27 heavy (non-hydrogen) atoms. The Labute approximate surface area is 168 Å². The van der Waals surface area contributed by atoms with Gasteiger partial charge in [0.1, 0.15) is 0 Å². The third-order valence-electron chi connectivity index (χ3n) is 6.05. The molecule has 0 amide bonds. The van der Waals surface area contributed by atoms with Crippen LogP contribution < -0.4 is 0 Å². The van der Waals surface area contributed by atoms with E-state index in [0.29, 0.717) is 17.9 Å². The number of hydrogen-bond acceptors (Lipinski definition) is 4. The van der Waals surface area contributed by atoms with Crippen molar-refractivity contribution in [2.24, 2.45) is 17.3 Å². The molecule has 0 aromatic carbocycles. The van der Waals surface area contributed by atoms with Crippen molar-refractivity contribution in [3.05, 3.63) is 12.2 Å². The summed E-state index contributed by atoms with van der Waals surface area (Å²) in [5.41, 5.74) is -0.277. The van der Waals surface area contributed by atoms with E-state index in [4.69, 9.17) is 9.84 Å². The zero-order valence-electron chi connectivity index (χ0n) is 17.1. The Morgan fingerprint density at radius 2 is 1.93 bits per heavy atom. The van der Waals surface area contributed by atoms with Crippen molar-refractivity contribution in [1.29, 1.82) is 0 Å². The minimum atomic E-state index is -0.714. The van der Waals surface area contributed by atoms with Gasteiger partial charge in [0.15, 0.2) is 5.78 Å². The molecule has 0 aliphatic carbocycles. The van der Waals surface area contributed by atoms with Crippen LogP contribution in [-0.4, -0.2) is 40.6 Å². The van der Waals surface area contributed by atoms with Crippen LogP contribution in [0.1, 0.15) is 72.1 Å². The number of carboxylic acid groups (broad SMARTS) is 1. The molecule has 2 rings (SSSR count). The smallest absolute Gasteiger partial charge is 0.303 e. The summed E-state index contributed by atoms with van der Waals surface area (Å²) in [6.45, 7) is 6.27. The first kappa shape index (κ1) is 22.5. The van der Waals surface area contributed by atoms with Crippen LogP contribution >= 0.6 is 11.8 Å².